The van der Waals surface area contributed by atoms with Crippen molar-refractivity contribution in [3.8, 4) is 11.5 Å². The summed E-state index contributed by atoms with van der Waals surface area (Å²) in [5, 5.41) is 6.21. The van der Waals surface area contributed by atoms with Gasteiger partial charge >= 0.3 is 0 Å². The van der Waals surface area contributed by atoms with Gasteiger partial charge in [0.2, 0.25) is 12.7 Å². The summed E-state index contributed by atoms with van der Waals surface area (Å²) >= 11 is 6.07. The molecular weight excluding hydrogens is 256 g/mol. The summed E-state index contributed by atoms with van der Waals surface area (Å²) in [7, 11) is 1.61. The quantitative estimate of drug-likeness (QED) is 0.866. The van der Waals surface area contributed by atoms with Crippen LogP contribution < -0.4 is 20.1 Å². The number of carbonyl (C=O) groups is 1. The summed E-state index contributed by atoms with van der Waals surface area (Å²) in [5.74, 6) is 1.17. The second kappa shape index (κ2) is 5.46. The summed E-state index contributed by atoms with van der Waals surface area (Å²) in [4.78, 5) is 11.3. The Morgan fingerprint density at radius 2 is 2.28 bits per heavy atom. The fourth-order valence-electron chi connectivity index (χ4n) is 1.70. The first-order chi connectivity index (χ1) is 8.61. The van der Waals surface area contributed by atoms with Gasteiger partial charge in [-0.3, -0.25) is 4.79 Å². The van der Waals surface area contributed by atoms with Crippen LogP contribution in [0.4, 0.5) is 0 Å². The first kappa shape index (κ1) is 13.0. The van der Waals surface area contributed by atoms with E-state index in [0.29, 0.717) is 23.1 Å². The summed E-state index contributed by atoms with van der Waals surface area (Å²) in [6.07, 6.45) is 0. The highest BCUT2D eigenvalue weighted by Gasteiger charge is 2.18. The van der Waals surface area contributed by atoms with E-state index in [9.17, 15) is 4.79 Å². The fraction of sp³-hybridized carbons (Fsp3) is 0.417. The number of halogens is 1. The number of nitrogens with one attached hydrogen (secondary N) is 2. The molecule has 1 unspecified atom stereocenters. The maximum Gasteiger partial charge on any atom is 0.236 e. The number of amides is 1. The van der Waals surface area contributed by atoms with Gasteiger partial charge in [0.25, 0.3) is 0 Å². The van der Waals surface area contributed by atoms with Gasteiger partial charge in [-0.2, -0.15) is 0 Å². The average Bonchev–Trinajstić information content (AvgIpc) is 2.83. The Balaban J connectivity index is 2.02. The van der Waals surface area contributed by atoms with Crippen LogP contribution in [0, 0.1) is 0 Å². The Bertz CT molecular complexity index is 465. The molecule has 1 heterocycles. The Morgan fingerprint density at radius 1 is 1.50 bits per heavy atom. The van der Waals surface area contributed by atoms with E-state index in [1.165, 1.54) is 0 Å². The van der Waals surface area contributed by atoms with Crippen molar-refractivity contribution in [3.05, 3.63) is 22.7 Å². The molecule has 6 heteroatoms. The molecule has 0 aliphatic carbocycles. The molecule has 1 aromatic carbocycles. The predicted octanol–water partition coefficient (Wildman–Crippen LogP) is 1.29. The number of carbonyl (C=O) groups excluding carboxylic acids is 1. The third kappa shape index (κ3) is 2.68. The zero-order chi connectivity index (χ0) is 13.1. The van der Waals surface area contributed by atoms with E-state index in [-0.39, 0.29) is 18.7 Å². The summed E-state index contributed by atoms with van der Waals surface area (Å²) in [5.41, 5.74) is 0.944. The molecule has 0 radical (unpaired) electrons. The van der Waals surface area contributed by atoms with Gasteiger partial charge in [0.15, 0.2) is 11.5 Å². The second-order valence-corrected chi connectivity index (χ2v) is 4.44. The zero-order valence-corrected chi connectivity index (χ0v) is 11.0. The SMILES string of the molecule is CNC(=O)C(C)NCc1cc(Cl)c2c(c1)OCO2. The lowest BCUT2D eigenvalue weighted by Gasteiger charge is -2.12. The molecule has 0 saturated carbocycles. The Hall–Kier alpha value is -1.46. The van der Waals surface area contributed by atoms with Crippen molar-refractivity contribution >= 4 is 17.5 Å². The number of ether oxygens (including phenoxy) is 2. The average molecular weight is 271 g/mol. The molecule has 0 saturated heterocycles. The van der Waals surface area contributed by atoms with E-state index in [1.807, 2.05) is 6.07 Å². The first-order valence-corrected chi connectivity index (χ1v) is 6.02. The molecule has 18 heavy (non-hydrogen) atoms. The van der Waals surface area contributed by atoms with Crippen LogP contribution in [0.5, 0.6) is 11.5 Å². The molecule has 5 nitrogen and oxygen atoms in total. The molecule has 0 aromatic heterocycles. The minimum atomic E-state index is -0.265. The highest BCUT2D eigenvalue weighted by molar-refractivity contribution is 6.32. The molecule has 1 amide bonds. The standard InChI is InChI=1S/C12H15ClN2O3/c1-7(12(16)14-2)15-5-8-3-9(13)11-10(4-8)17-6-18-11/h3-4,7,15H,5-6H2,1-2H3,(H,14,16). The predicted molar refractivity (Wildman–Crippen MR) is 67.9 cm³/mol. The van der Waals surface area contributed by atoms with Crippen molar-refractivity contribution < 1.29 is 14.3 Å². The van der Waals surface area contributed by atoms with E-state index in [4.69, 9.17) is 21.1 Å². The minimum Gasteiger partial charge on any atom is -0.454 e. The lowest BCUT2D eigenvalue weighted by molar-refractivity contribution is -0.122. The fourth-order valence-corrected chi connectivity index (χ4v) is 1.99. The lowest BCUT2D eigenvalue weighted by Crippen LogP contribution is -2.40. The second-order valence-electron chi connectivity index (χ2n) is 4.03. The van der Waals surface area contributed by atoms with Gasteiger partial charge in [0.1, 0.15) is 0 Å². The van der Waals surface area contributed by atoms with E-state index in [0.717, 1.165) is 5.56 Å². The van der Waals surface area contributed by atoms with Gasteiger partial charge in [0, 0.05) is 13.6 Å². The van der Waals surface area contributed by atoms with Gasteiger partial charge in [-0.15, -0.1) is 0 Å². The topological polar surface area (TPSA) is 59.6 Å². The summed E-state index contributed by atoms with van der Waals surface area (Å²) in [6.45, 7) is 2.53. The number of benzene rings is 1. The Morgan fingerprint density at radius 3 is 3.00 bits per heavy atom. The maximum absolute atomic E-state index is 11.3. The molecule has 0 fully saturated rings. The van der Waals surface area contributed by atoms with Crippen molar-refractivity contribution in [1.82, 2.24) is 10.6 Å². The monoisotopic (exact) mass is 270 g/mol. The van der Waals surface area contributed by atoms with Crippen LogP contribution >= 0.6 is 11.6 Å². The Kier molecular flexibility index (Phi) is 3.93. The smallest absolute Gasteiger partial charge is 0.236 e. The molecule has 1 aromatic rings. The van der Waals surface area contributed by atoms with Crippen molar-refractivity contribution in [3.63, 3.8) is 0 Å². The van der Waals surface area contributed by atoms with Crippen LogP contribution in [0.2, 0.25) is 5.02 Å². The van der Waals surface area contributed by atoms with Crippen molar-refractivity contribution in [2.75, 3.05) is 13.8 Å². The van der Waals surface area contributed by atoms with E-state index < -0.39 is 0 Å². The molecule has 2 N–H and O–H groups in total. The van der Waals surface area contributed by atoms with Crippen LogP contribution in [0.3, 0.4) is 0 Å². The van der Waals surface area contributed by atoms with E-state index in [1.54, 1.807) is 20.0 Å². The molecule has 1 aliphatic heterocycles. The molecule has 0 bridgehead atoms. The van der Waals surface area contributed by atoms with Gasteiger partial charge in [-0.25, -0.2) is 0 Å². The van der Waals surface area contributed by atoms with Crippen LogP contribution in [0.15, 0.2) is 12.1 Å². The largest absolute Gasteiger partial charge is 0.454 e. The van der Waals surface area contributed by atoms with Crippen molar-refractivity contribution in [2.24, 2.45) is 0 Å². The van der Waals surface area contributed by atoms with Gasteiger partial charge < -0.3 is 20.1 Å². The van der Waals surface area contributed by atoms with Crippen LogP contribution in [-0.4, -0.2) is 25.8 Å². The molecular formula is C12H15ClN2O3. The minimum absolute atomic E-state index is 0.0539. The van der Waals surface area contributed by atoms with E-state index >= 15 is 0 Å². The molecule has 0 spiro atoms. The van der Waals surface area contributed by atoms with Crippen LogP contribution in [-0.2, 0) is 11.3 Å². The molecule has 1 aliphatic rings. The van der Waals surface area contributed by atoms with Gasteiger partial charge in [-0.1, -0.05) is 11.6 Å². The van der Waals surface area contributed by atoms with Crippen molar-refractivity contribution in [2.45, 2.75) is 19.5 Å². The number of likely N-dealkylation sites (N-methyl/N-ethyl adjacent to an activating group) is 1. The van der Waals surface area contributed by atoms with Crippen molar-refractivity contribution in [1.29, 1.82) is 0 Å². The first-order valence-electron chi connectivity index (χ1n) is 5.65. The highest BCUT2D eigenvalue weighted by atomic mass is 35.5. The molecule has 1 atom stereocenters. The van der Waals surface area contributed by atoms with Crippen LogP contribution in [0.25, 0.3) is 0 Å². The Labute approximate surface area is 110 Å². The van der Waals surface area contributed by atoms with E-state index in [2.05, 4.69) is 10.6 Å². The summed E-state index contributed by atoms with van der Waals surface area (Å²) < 4.78 is 10.5. The molecule has 2 rings (SSSR count). The third-order valence-corrected chi connectivity index (χ3v) is 3.02. The third-order valence-electron chi connectivity index (χ3n) is 2.74. The number of hydrogen-bond donors (Lipinski definition) is 2. The van der Waals surface area contributed by atoms with Crippen LogP contribution in [0.1, 0.15) is 12.5 Å². The molecule has 98 valence electrons. The van der Waals surface area contributed by atoms with Gasteiger partial charge in [-0.05, 0) is 24.6 Å². The highest BCUT2D eigenvalue weighted by Crippen LogP contribution is 2.39. The number of fused-ring (bicyclic) bond motifs is 1. The van der Waals surface area contributed by atoms with Gasteiger partial charge in [0.05, 0.1) is 11.1 Å². The number of rotatable bonds is 4. The zero-order valence-electron chi connectivity index (χ0n) is 10.2. The normalized spacial score (nSPS) is 14.4. The number of hydrogen-bond acceptors (Lipinski definition) is 4. The summed E-state index contributed by atoms with van der Waals surface area (Å²) in [6, 6.07) is 3.40. The maximum atomic E-state index is 11.3. The lowest BCUT2D eigenvalue weighted by atomic mass is 10.2.